The van der Waals surface area contributed by atoms with Crippen LogP contribution in [0.2, 0.25) is 0 Å². The van der Waals surface area contributed by atoms with Crippen LogP contribution in [-0.4, -0.2) is 11.8 Å². The van der Waals surface area contributed by atoms with Crippen LogP contribution in [0.4, 0.5) is 0 Å². The number of hydrogen-bond acceptors (Lipinski definition) is 1. The Bertz CT molecular complexity index is 64.0. The van der Waals surface area contributed by atoms with Crippen molar-refractivity contribution in [2.24, 2.45) is 10.7 Å². The Labute approximate surface area is 88.5 Å². The Morgan fingerprint density at radius 3 is 1.33 bits per heavy atom. The van der Waals surface area contributed by atoms with Gasteiger partial charge in [-0.25, -0.2) is 4.99 Å². The van der Waals surface area contributed by atoms with Crippen LogP contribution in [0, 0.1) is 0 Å². The fraction of sp³-hybridized carbons (Fsp3) is 0. The van der Waals surface area contributed by atoms with Crippen LogP contribution in [-0.2, 0) is 0 Å². The van der Waals surface area contributed by atoms with Gasteiger partial charge in [0.25, 0.3) is 0 Å². The summed E-state index contributed by atoms with van der Waals surface area (Å²) in [6.45, 7) is 3.04. The van der Waals surface area contributed by atoms with E-state index in [1.54, 1.807) is 0 Å². The Morgan fingerprint density at radius 1 is 1.22 bits per heavy atom. The van der Waals surface area contributed by atoms with Gasteiger partial charge in [0.2, 0.25) is 0 Å². The normalized spacial score (nSPS) is 3.56. The number of rotatable bonds is 0. The fourth-order valence-electron chi connectivity index (χ4n) is 0. The first-order valence-corrected chi connectivity index (χ1v) is 1.44. The summed E-state index contributed by atoms with van der Waals surface area (Å²) in [5.41, 5.74) is 4.79. The SMILES string of the molecule is C=NC(N)=S.S.S.S.S. The van der Waals surface area contributed by atoms with Crippen LogP contribution in [0.25, 0.3) is 0 Å². The van der Waals surface area contributed by atoms with Crippen molar-refractivity contribution in [2.75, 3.05) is 0 Å². The molecule has 2 N–H and O–H groups in total. The molecule has 0 radical (unpaired) electrons. The minimum atomic E-state index is 0. The summed E-state index contributed by atoms with van der Waals surface area (Å²) in [6, 6.07) is 0. The molecule has 0 saturated carbocycles. The first kappa shape index (κ1) is 32.5. The molecule has 0 saturated heterocycles. The van der Waals surface area contributed by atoms with Gasteiger partial charge in [-0.05, 0) is 18.9 Å². The second-order valence-corrected chi connectivity index (χ2v) is 0.915. The van der Waals surface area contributed by atoms with Gasteiger partial charge in [0.05, 0.1) is 0 Å². The smallest absolute Gasteiger partial charge is 0.189 e. The Balaban J connectivity index is -0.0000000133. The van der Waals surface area contributed by atoms with Crippen molar-refractivity contribution in [3.05, 3.63) is 0 Å². The van der Waals surface area contributed by atoms with Gasteiger partial charge in [-0.1, -0.05) is 0 Å². The molecule has 60 valence electrons. The lowest BCUT2D eigenvalue weighted by atomic mass is 11.2. The molecule has 0 aromatic carbocycles. The number of thiocarbonyl (C=S) groups is 1. The van der Waals surface area contributed by atoms with E-state index < -0.39 is 0 Å². The van der Waals surface area contributed by atoms with Gasteiger partial charge in [0.1, 0.15) is 0 Å². The molecule has 0 bridgehead atoms. The Hall–Kier alpha value is 0.960. The number of hydrogen-bond donors (Lipinski definition) is 1. The molecule has 0 aliphatic heterocycles. The molecular weight excluding hydrogens is 212 g/mol. The van der Waals surface area contributed by atoms with Crippen LogP contribution < -0.4 is 5.73 Å². The second-order valence-electron chi connectivity index (χ2n) is 0.496. The topological polar surface area (TPSA) is 38.4 Å². The highest BCUT2D eigenvalue weighted by Gasteiger charge is 1.63. The fourth-order valence-corrected chi connectivity index (χ4v) is 0. The Kier molecular flexibility index (Phi) is 83.3. The van der Waals surface area contributed by atoms with Crippen LogP contribution in [0.5, 0.6) is 0 Å². The highest BCUT2D eigenvalue weighted by molar-refractivity contribution is 7.80. The van der Waals surface area contributed by atoms with E-state index in [1.807, 2.05) is 0 Å². The van der Waals surface area contributed by atoms with Gasteiger partial charge in [-0.15, -0.1) is 0 Å². The third-order valence-corrected chi connectivity index (χ3v) is 0.285. The molecule has 0 spiro atoms. The van der Waals surface area contributed by atoms with Crippen molar-refractivity contribution < 1.29 is 0 Å². The lowest BCUT2D eigenvalue weighted by Crippen LogP contribution is -2.01. The van der Waals surface area contributed by atoms with Crippen molar-refractivity contribution in [3.63, 3.8) is 0 Å². The molecule has 0 rings (SSSR count). The molecule has 0 fully saturated rings. The predicted molar refractivity (Wildman–Crippen MR) is 67.9 cm³/mol. The Morgan fingerprint density at radius 2 is 1.33 bits per heavy atom. The van der Waals surface area contributed by atoms with Crippen molar-refractivity contribution in [3.8, 4) is 0 Å². The molecule has 0 aliphatic rings. The molecule has 0 aliphatic carbocycles. The van der Waals surface area contributed by atoms with E-state index in [2.05, 4.69) is 23.9 Å². The lowest BCUT2D eigenvalue weighted by molar-refractivity contribution is 1.66. The number of aliphatic imine (C=N–C) groups is 1. The van der Waals surface area contributed by atoms with Gasteiger partial charge in [-0.2, -0.15) is 54.0 Å². The highest BCUT2D eigenvalue weighted by Crippen LogP contribution is 1.56. The van der Waals surface area contributed by atoms with Crippen molar-refractivity contribution >= 4 is 78.0 Å². The highest BCUT2D eigenvalue weighted by atomic mass is 32.1. The molecule has 0 heterocycles. The molecule has 0 aromatic rings. The number of nitrogens with zero attached hydrogens (tertiary/aromatic N) is 1. The summed E-state index contributed by atoms with van der Waals surface area (Å²) < 4.78 is 0. The average molecular weight is 224 g/mol. The zero-order valence-corrected chi connectivity index (χ0v) is 9.46. The first-order chi connectivity index (χ1) is 2.27. The third-order valence-electron chi connectivity index (χ3n) is 0.156. The maximum absolute atomic E-state index is 4.79. The summed E-state index contributed by atoms with van der Waals surface area (Å²) in [5.74, 6) is 0. The van der Waals surface area contributed by atoms with E-state index in [1.165, 1.54) is 0 Å². The van der Waals surface area contributed by atoms with E-state index in [0.29, 0.717) is 0 Å². The molecular formula is C2H12N2S5. The van der Waals surface area contributed by atoms with Crippen LogP contribution in [0.3, 0.4) is 0 Å². The summed E-state index contributed by atoms with van der Waals surface area (Å²) in [7, 11) is 0. The summed E-state index contributed by atoms with van der Waals surface area (Å²) in [6.07, 6.45) is 0. The predicted octanol–water partition coefficient (Wildman–Crippen LogP) is 0.382. The van der Waals surface area contributed by atoms with Crippen molar-refractivity contribution in [1.29, 1.82) is 0 Å². The van der Waals surface area contributed by atoms with Gasteiger partial charge < -0.3 is 5.73 Å². The molecule has 0 aromatic heterocycles. The largest absolute Gasteiger partial charge is 0.374 e. The maximum Gasteiger partial charge on any atom is 0.189 e. The van der Waals surface area contributed by atoms with E-state index in [-0.39, 0.29) is 59.1 Å². The minimum absolute atomic E-state index is 0. The summed E-state index contributed by atoms with van der Waals surface area (Å²) in [5, 5.41) is 0.102. The van der Waals surface area contributed by atoms with Crippen molar-refractivity contribution in [2.45, 2.75) is 0 Å². The van der Waals surface area contributed by atoms with Crippen LogP contribution in [0.15, 0.2) is 4.99 Å². The van der Waals surface area contributed by atoms with Crippen LogP contribution >= 0.6 is 66.2 Å². The zero-order valence-electron chi connectivity index (χ0n) is 4.64. The van der Waals surface area contributed by atoms with E-state index in [4.69, 9.17) is 5.73 Å². The molecule has 0 unspecified atom stereocenters. The molecule has 0 amide bonds. The van der Waals surface area contributed by atoms with E-state index >= 15 is 0 Å². The zero-order chi connectivity index (χ0) is 4.28. The summed E-state index contributed by atoms with van der Waals surface area (Å²) >= 11 is 4.25. The van der Waals surface area contributed by atoms with Crippen LogP contribution in [0.1, 0.15) is 0 Å². The lowest BCUT2D eigenvalue weighted by Gasteiger charge is -1.71. The monoisotopic (exact) mass is 224 g/mol. The van der Waals surface area contributed by atoms with Gasteiger partial charge >= 0.3 is 0 Å². The number of nitrogens with two attached hydrogens (primary N) is 1. The minimum Gasteiger partial charge on any atom is -0.374 e. The molecule has 7 heteroatoms. The molecule has 9 heavy (non-hydrogen) atoms. The third kappa shape index (κ3) is 49.5. The maximum atomic E-state index is 4.79. The van der Waals surface area contributed by atoms with Gasteiger partial charge in [0.15, 0.2) is 5.11 Å². The van der Waals surface area contributed by atoms with E-state index in [0.717, 1.165) is 0 Å². The van der Waals surface area contributed by atoms with E-state index in [9.17, 15) is 0 Å². The standard InChI is InChI=1S/C2H4N2S.4H2S/c1-4-2(3)5;;;;/h1H2,(H2,3,5);4*1H2. The second kappa shape index (κ2) is 23.1. The summed E-state index contributed by atoms with van der Waals surface area (Å²) in [4.78, 5) is 3.15. The average Bonchev–Trinajstić information content (AvgIpc) is 1.38. The van der Waals surface area contributed by atoms with Gasteiger partial charge in [0, 0.05) is 0 Å². The molecule has 0 atom stereocenters. The van der Waals surface area contributed by atoms with Crippen molar-refractivity contribution in [1.82, 2.24) is 0 Å². The molecule has 2 nitrogen and oxygen atoms in total. The van der Waals surface area contributed by atoms with Gasteiger partial charge in [-0.3, -0.25) is 0 Å². The quantitative estimate of drug-likeness (QED) is 0.477. The first-order valence-electron chi connectivity index (χ1n) is 1.03.